The van der Waals surface area contributed by atoms with E-state index < -0.39 is 16.9 Å². The molecule has 10 N–H and O–H groups in total. The van der Waals surface area contributed by atoms with Crippen LogP contribution >= 0.6 is 0 Å². The number of ether oxygens (including phenoxy) is 1. The maximum atomic E-state index is 13.0. The Kier molecular flexibility index (Phi) is 15.6. The van der Waals surface area contributed by atoms with Crippen molar-refractivity contribution in [2.45, 2.75) is 47.3 Å². The fourth-order valence-electron chi connectivity index (χ4n) is 6.76. The molecule has 0 bridgehead atoms. The Bertz CT molecular complexity index is 2560. The second-order valence-corrected chi connectivity index (χ2v) is 17.3. The lowest BCUT2D eigenvalue weighted by Crippen LogP contribution is -2.44. The van der Waals surface area contributed by atoms with Crippen molar-refractivity contribution < 1.29 is 28.7 Å². The molecule has 66 heavy (non-hydrogen) atoms. The van der Waals surface area contributed by atoms with Gasteiger partial charge in [0.15, 0.2) is 0 Å². The zero-order valence-corrected chi connectivity index (χ0v) is 37.2. The number of amides is 10. The predicted molar refractivity (Wildman–Crippen MR) is 254 cm³/mol. The molecule has 0 fully saturated rings. The van der Waals surface area contributed by atoms with Gasteiger partial charge in [-0.2, -0.15) is 5.26 Å². The summed E-state index contributed by atoms with van der Waals surface area (Å²) in [4.78, 5) is 67.2. The average molecular weight is 895 g/mol. The third-order valence-electron chi connectivity index (χ3n) is 10.4. The number of nitrogens with one attached hydrogen (secondary N) is 10. The van der Waals surface area contributed by atoms with Crippen molar-refractivity contribution in [2.24, 2.45) is 10.8 Å². The van der Waals surface area contributed by atoms with Crippen LogP contribution in [0.3, 0.4) is 0 Å². The summed E-state index contributed by atoms with van der Waals surface area (Å²) in [6, 6.07) is 28.9. The van der Waals surface area contributed by atoms with Gasteiger partial charge in [0.05, 0.1) is 0 Å². The van der Waals surface area contributed by atoms with Crippen molar-refractivity contribution >= 4 is 58.7 Å². The standard InChI is InChI=1S/C48H54N12O6/c1-47(2,26-52-43(62)56-35-12-8-31(9-13-35)24-51-42(61)60-41-7-5-6-20-50-41)28-54-45(64)58-37-16-18-39-33(22-37)21-34-23-38(17-19-40(34)39)59-46(65)55-29-48(3,4)27-53-44(63)57-36-14-10-32(11-15-36)25-66-30-49/h5-20,22-23H,21,24-29H2,1-4H3,(H2,52,56,62)(H2,53,57,63)(H2,54,58,64)(H2,55,59,65)(H2,50,51,60,61). The van der Waals surface area contributed by atoms with Gasteiger partial charge in [-0.25, -0.2) is 29.0 Å². The number of fused-ring (bicyclic) bond motifs is 3. The van der Waals surface area contributed by atoms with E-state index >= 15 is 0 Å². The number of urea groups is 5. The molecular formula is C48H54N12O6. The van der Waals surface area contributed by atoms with Gasteiger partial charge < -0.3 is 52.6 Å². The molecule has 0 aliphatic heterocycles. The molecular weight excluding hydrogens is 841 g/mol. The predicted octanol–water partition coefficient (Wildman–Crippen LogP) is 7.91. The molecule has 10 amide bonds. The first-order valence-corrected chi connectivity index (χ1v) is 21.2. The second kappa shape index (κ2) is 21.8. The number of hydrogen-bond acceptors (Lipinski definition) is 8. The van der Waals surface area contributed by atoms with Gasteiger partial charge in [0, 0.05) is 61.7 Å². The highest BCUT2D eigenvalue weighted by molar-refractivity contribution is 5.93. The molecule has 0 saturated heterocycles. The number of carbonyl (C=O) groups excluding carboxylic acids is 5. The van der Waals surface area contributed by atoms with E-state index in [4.69, 9.17) is 10.00 Å². The van der Waals surface area contributed by atoms with E-state index in [-0.39, 0.29) is 37.3 Å². The van der Waals surface area contributed by atoms with Gasteiger partial charge in [-0.05, 0) is 111 Å². The SMILES string of the molecule is CC(C)(CNC(=O)Nc1ccc(CNC(=O)Nc2ccccn2)cc1)CNC(=O)Nc1ccc2c(c1)Cc1cc(NC(=O)NCC(C)(C)CNC(=O)Nc3ccc(COC#N)cc3)ccc1-2. The van der Waals surface area contributed by atoms with Crippen LogP contribution in [0.4, 0.5) is 52.5 Å². The number of pyridine rings is 1. The van der Waals surface area contributed by atoms with Crippen LogP contribution in [0.25, 0.3) is 11.1 Å². The smallest absolute Gasteiger partial charge is 0.320 e. The van der Waals surface area contributed by atoms with Crippen LogP contribution < -0.4 is 53.2 Å². The van der Waals surface area contributed by atoms with E-state index in [9.17, 15) is 24.0 Å². The third kappa shape index (κ3) is 14.6. The molecule has 1 aliphatic carbocycles. The lowest BCUT2D eigenvalue weighted by atomic mass is 9.93. The maximum Gasteiger partial charge on any atom is 0.320 e. The van der Waals surface area contributed by atoms with Gasteiger partial charge in [0.25, 0.3) is 6.26 Å². The first-order valence-electron chi connectivity index (χ1n) is 21.2. The Morgan fingerprint density at radius 1 is 0.545 bits per heavy atom. The minimum atomic E-state index is -0.472. The summed E-state index contributed by atoms with van der Waals surface area (Å²) < 4.78 is 4.72. The molecule has 0 spiro atoms. The van der Waals surface area contributed by atoms with E-state index in [1.807, 2.05) is 64.1 Å². The number of aromatic nitrogens is 1. The summed E-state index contributed by atoms with van der Waals surface area (Å²) in [6.07, 6.45) is 3.83. The van der Waals surface area contributed by atoms with Crippen LogP contribution in [0.1, 0.15) is 49.9 Å². The number of rotatable bonds is 17. The summed E-state index contributed by atoms with van der Waals surface area (Å²) in [5.74, 6) is 0.448. The van der Waals surface area contributed by atoms with E-state index in [0.29, 0.717) is 61.2 Å². The number of benzene rings is 4. The number of nitrogens with zero attached hydrogens (tertiary/aromatic N) is 2. The van der Waals surface area contributed by atoms with Crippen molar-refractivity contribution in [1.29, 1.82) is 5.26 Å². The molecule has 1 aromatic heterocycles. The van der Waals surface area contributed by atoms with Gasteiger partial charge in [-0.1, -0.05) is 70.2 Å². The van der Waals surface area contributed by atoms with Crippen molar-refractivity contribution in [3.63, 3.8) is 0 Å². The van der Waals surface area contributed by atoms with Crippen LogP contribution in [0, 0.1) is 22.3 Å². The Hall–Kier alpha value is -8.33. The molecule has 1 heterocycles. The van der Waals surface area contributed by atoms with Crippen molar-refractivity contribution in [3.05, 3.63) is 132 Å². The number of anilines is 5. The molecule has 0 saturated carbocycles. The molecule has 4 aromatic carbocycles. The fourth-order valence-corrected chi connectivity index (χ4v) is 6.76. The highest BCUT2D eigenvalue weighted by atomic mass is 16.5. The molecule has 18 nitrogen and oxygen atoms in total. The van der Waals surface area contributed by atoms with E-state index in [1.165, 1.54) is 0 Å². The number of nitriles is 1. The molecule has 1 aliphatic rings. The Morgan fingerprint density at radius 2 is 0.970 bits per heavy atom. The quantitative estimate of drug-likeness (QED) is 0.0402. The molecule has 18 heteroatoms. The minimum absolute atomic E-state index is 0.160. The van der Waals surface area contributed by atoms with Gasteiger partial charge in [0.2, 0.25) is 0 Å². The first-order chi connectivity index (χ1) is 31.6. The molecule has 0 radical (unpaired) electrons. The molecule has 6 rings (SSSR count). The van der Waals surface area contributed by atoms with E-state index in [0.717, 1.165) is 33.4 Å². The zero-order chi connectivity index (χ0) is 47.1. The number of carbonyl (C=O) groups is 5. The summed E-state index contributed by atoms with van der Waals surface area (Å²) in [6.45, 7) is 9.36. The first kappa shape index (κ1) is 47.2. The highest BCUT2D eigenvalue weighted by Crippen LogP contribution is 2.39. The van der Waals surface area contributed by atoms with Crippen molar-refractivity contribution in [3.8, 4) is 17.4 Å². The largest absolute Gasteiger partial charge is 0.423 e. The molecule has 0 atom stereocenters. The molecule has 342 valence electrons. The molecule has 5 aromatic rings. The zero-order valence-electron chi connectivity index (χ0n) is 37.2. The average Bonchev–Trinajstić information content (AvgIpc) is 3.66. The summed E-state index contributed by atoms with van der Waals surface area (Å²) >= 11 is 0. The normalized spacial score (nSPS) is 11.3. The van der Waals surface area contributed by atoms with Crippen LogP contribution in [0.2, 0.25) is 0 Å². The van der Waals surface area contributed by atoms with E-state index in [2.05, 4.69) is 58.2 Å². The fraction of sp³-hybridized carbons (Fsp3) is 0.271. The van der Waals surface area contributed by atoms with Crippen LogP contribution in [0.15, 0.2) is 109 Å². The Labute approximate surface area is 383 Å². The van der Waals surface area contributed by atoms with Crippen LogP contribution in [-0.4, -0.2) is 61.3 Å². The summed E-state index contributed by atoms with van der Waals surface area (Å²) in [7, 11) is 0. The second-order valence-electron chi connectivity index (χ2n) is 17.3. The van der Waals surface area contributed by atoms with Gasteiger partial charge in [0.1, 0.15) is 12.4 Å². The lowest BCUT2D eigenvalue weighted by Gasteiger charge is -2.25. The minimum Gasteiger partial charge on any atom is -0.423 e. The van der Waals surface area contributed by atoms with Crippen molar-refractivity contribution in [1.82, 2.24) is 31.6 Å². The lowest BCUT2D eigenvalue weighted by molar-refractivity contribution is 0.237. The van der Waals surface area contributed by atoms with E-state index in [1.54, 1.807) is 79.2 Å². The van der Waals surface area contributed by atoms with Crippen molar-refractivity contribution in [2.75, 3.05) is 52.8 Å². The summed E-state index contributed by atoms with van der Waals surface area (Å²) in [5.41, 5.74) is 7.33. The monoisotopic (exact) mass is 894 g/mol. The third-order valence-corrected chi connectivity index (χ3v) is 10.4. The summed E-state index contributed by atoms with van der Waals surface area (Å²) in [5, 5.41) is 36.9. The topological polar surface area (TPSA) is 252 Å². The highest BCUT2D eigenvalue weighted by Gasteiger charge is 2.24. The Morgan fingerprint density at radius 3 is 1.41 bits per heavy atom. The van der Waals surface area contributed by atoms with Gasteiger partial charge in [-0.15, -0.1) is 0 Å². The number of hydrogen-bond donors (Lipinski definition) is 10. The van der Waals surface area contributed by atoms with Gasteiger partial charge in [-0.3, -0.25) is 5.32 Å². The van der Waals surface area contributed by atoms with Crippen LogP contribution in [0.5, 0.6) is 0 Å². The van der Waals surface area contributed by atoms with Crippen LogP contribution in [-0.2, 0) is 24.3 Å². The Balaban J connectivity index is 0.873. The maximum absolute atomic E-state index is 13.0. The van der Waals surface area contributed by atoms with Gasteiger partial charge >= 0.3 is 30.2 Å². The molecule has 0 unspecified atom stereocenters.